The van der Waals surface area contributed by atoms with Crippen LogP contribution in [0.3, 0.4) is 0 Å². The second-order valence-electron chi connectivity index (χ2n) is 7.50. The van der Waals surface area contributed by atoms with Crippen molar-refractivity contribution in [3.8, 4) is 0 Å². The van der Waals surface area contributed by atoms with Crippen molar-refractivity contribution in [3.05, 3.63) is 22.5 Å². The molecular weight excluding hydrogens is 370 g/mol. The summed E-state index contributed by atoms with van der Waals surface area (Å²) in [5, 5.41) is 12.3. The first kappa shape index (κ1) is 22.7. The smallest absolute Gasteiger partial charge is 0.274 e. The lowest BCUT2D eigenvalue weighted by Crippen LogP contribution is -2.30. The van der Waals surface area contributed by atoms with Gasteiger partial charge >= 0.3 is 0 Å². The van der Waals surface area contributed by atoms with E-state index in [0.29, 0.717) is 12.2 Å². The number of aromatic amines is 1. The van der Waals surface area contributed by atoms with E-state index in [4.69, 9.17) is 0 Å². The fourth-order valence-electron chi connectivity index (χ4n) is 3.35. The van der Waals surface area contributed by atoms with Gasteiger partial charge in [-0.15, -0.1) is 0 Å². The van der Waals surface area contributed by atoms with E-state index in [0.717, 1.165) is 29.9 Å². The monoisotopic (exact) mass is 407 g/mol. The summed E-state index contributed by atoms with van der Waals surface area (Å²) in [5.41, 5.74) is 6.58. The van der Waals surface area contributed by atoms with E-state index >= 15 is 0 Å². The summed E-state index contributed by atoms with van der Waals surface area (Å²) in [6.07, 6.45) is 13.8. The van der Waals surface area contributed by atoms with Crippen molar-refractivity contribution in [3.63, 3.8) is 0 Å². The number of hydrogen-bond donors (Lipinski definition) is 3. The number of hydrazine groups is 1. The molecule has 3 N–H and O–H groups in total. The van der Waals surface area contributed by atoms with E-state index in [1.54, 1.807) is 0 Å². The summed E-state index contributed by atoms with van der Waals surface area (Å²) >= 11 is 1.54. The molecule has 0 aliphatic carbocycles. The Balaban J connectivity index is 1.65. The number of nitrogens with one attached hydrogen (secondary N) is 3. The molecule has 1 aromatic rings. The predicted molar refractivity (Wildman–Crippen MR) is 119 cm³/mol. The summed E-state index contributed by atoms with van der Waals surface area (Å²) in [4.78, 5) is 12.6. The highest BCUT2D eigenvalue weighted by molar-refractivity contribution is 8.03. The van der Waals surface area contributed by atoms with Crippen LogP contribution in [0.15, 0.2) is 11.1 Å². The van der Waals surface area contributed by atoms with Gasteiger partial charge in [-0.3, -0.25) is 15.3 Å². The number of anilines is 1. The molecule has 0 bridgehead atoms. The Hall–Kier alpha value is -1.63. The van der Waals surface area contributed by atoms with Crippen molar-refractivity contribution in [2.24, 2.45) is 0 Å². The molecule has 7 heteroatoms. The largest absolute Gasteiger partial charge is 0.351 e. The predicted octanol–water partition coefficient (Wildman–Crippen LogP) is 5.46. The fourth-order valence-corrected chi connectivity index (χ4v) is 4.16. The van der Waals surface area contributed by atoms with Gasteiger partial charge in [-0.05, 0) is 19.8 Å². The summed E-state index contributed by atoms with van der Waals surface area (Å²) in [6.45, 7) is 7.03. The second kappa shape index (κ2) is 12.8. The molecule has 0 radical (unpaired) electrons. The average molecular weight is 408 g/mol. The van der Waals surface area contributed by atoms with Gasteiger partial charge in [0.2, 0.25) is 0 Å². The Morgan fingerprint density at radius 2 is 1.71 bits per heavy atom. The Kier molecular flexibility index (Phi) is 10.3. The fraction of sp³-hybridized carbons (Fsp3) is 0.714. The number of amides is 1. The third-order valence-corrected chi connectivity index (χ3v) is 5.96. The summed E-state index contributed by atoms with van der Waals surface area (Å²) < 4.78 is 1.91. The number of aryl methyl sites for hydroxylation is 1. The van der Waals surface area contributed by atoms with Gasteiger partial charge in [0, 0.05) is 29.6 Å². The molecule has 1 amide bonds. The molecule has 1 aliphatic heterocycles. The Morgan fingerprint density at radius 1 is 1.07 bits per heavy atom. The third-order valence-electron chi connectivity index (χ3n) is 5.01. The third kappa shape index (κ3) is 7.08. The van der Waals surface area contributed by atoms with Crippen LogP contribution in [0.1, 0.15) is 101 Å². The minimum atomic E-state index is -0.103. The van der Waals surface area contributed by atoms with Gasteiger partial charge in [0.05, 0.1) is 5.69 Å². The highest BCUT2D eigenvalue weighted by atomic mass is 32.2. The number of aromatic nitrogens is 2. The molecular formula is C21H37N5OS. The first-order valence-corrected chi connectivity index (χ1v) is 11.8. The van der Waals surface area contributed by atoms with Gasteiger partial charge in [-0.2, -0.15) is 5.10 Å². The maximum Gasteiger partial charge on any atom is 0.274 e. The van der Waals surface area contributed by atoms with Crippen molar-refractivity contribution in [1.29, 1.82) is 0 Å². The normalized spacial score (nSPS) is 13.5. The average Bonchev–Trinajstić information content (AvgIpc) is 3.31. The molecule has 158 valence electrons. The van der Waals surface area contributed by atoms with Crippen molar-refractivity contribution in [2.45, 2.75) is 91.4 Å². The van der Waals surface area contributed by atoms with Gasteiger partial charge in [-0.1, -0.05) is 71.6 Å². The number of carbonyl (C=O) groups is 1. The maximum atomic E-state index is 12.6. The number of H-pyrrole nitrogens is 1. The number of carbonyl (C=O) groups excluding carboxylic acids is 1. The Labute approximate surface area is 174 Å². The lowest BCUT2D eigenvalue weighted by atomic mass is 10.1. The molecule has 1 aromatic heterocycles. The number of hydrogen-bond acceptors (Lipinski definition) is 5. The van der Waals surface area contributed by atoms with Gasteiger partial charge in [0.25, 0.3) is 5.91 Å². The van der Waals surface area contributed by atoms with E-state index in [1.165, 1.54) is 69.7 Å². The van der Waals surface area contributed by atoms with Crippen LogP contribution in [0.4, 0.5) is 5.69 Å². The summed E-state index contributed by atoms with van der Waals surface area (Å²) in [7, 11) is 0. The van der Waals surface area contributed by atoms with E-state index in [2.05, 4.69) is 34.8 Å². The van der Waals surface area contributed by atoms with Gasteiger partial charge in [0.1, 0.15) is 5.69 Å². The molecule has 1 aliphatic rings. The molecule has 6 nitrogen and oxygen atoms in total. The molecule has 0 unspecified atom stereocenters. The van der Waals surface area contributed by atoms with Crippen LogP contribution in [0.2, 0.25) is 0 Å². The van der Waals surface area contributed by atoms with Gasteiger partial charge < -0.3 is 5.32 Å². The molecule has 2 rings (SSSR count). The minimum absolute atomic E-state index is 0.103. The highest BCUT2D eigenvalue weighted by Gasteiger charge is 2.26. The number of allylic oxidation sites excluding steroid dienone is 1. The maximum absolute atomic E-state index is 12.6. The zero-order chi connectivity index (χ0) is 20.2. The number of nitrogens with zero attached hydrogens (tertiary/aromatic N) is 2. The van der Waals surface area contributed by atoms with Crippen molar-refractivity contribution < 1.29 is 4.79 Å². The lowest BCUT2D eigenvalue weighted by Gasteiger charge is -2.18. The lowest BCUT2D eigenvalue weighted by molar-refractivity contribution is 0.0948. The topological polar surface area (TPSA) is 73.0 Å². The van der Waals surface area contributed by atoms with Crippen LogP contribution in [0.5, 0.6) is 0 Å². The van der Waals surface area contributed by atoms with Crippen LogP contribution < -0.4 is 15.2 Å². The van der Waals surface area contributed by atoms with E-state index in [-0.39, 0.29) is 5.91 Å². The van der Waals surface area contributed by atoms with Gasteiger partial charge in [0.15, 0.2) is 5.69 Å². The van der Waals surface area contributed by atoms with Crippen LogP contribution in [-0.2, 0) is 6.42 Å². The molecule has 2 heterocycles. The van der Waals surface area contributed by atoms with Crippen LogP contribution in [-0.4, -0.2) is 22.6 Å². The summed E-state index contributed by atoms with van der Waals surface area (Å²) in [6, 6.07) is 0. The number of unbranched alkanes of at least 4 members (excludes halogenated alkanes) is 9. The van der Waals surface area contributed by atoms with Crippen LogP contribution >= 0.6 is 11.9 Å². The molecule has 0 saturated carbocycles. The Morgan fingerprint density at radius 3 is 2.29 bits per heavy atom. The second-order valence-corrected chi connectivity index (χ2v) is 8.31. The van der Waals surface area contributed by atoms with Crippen LogP contribution in [0, 0.1) is 0 Å². The van der Waals surface area contributed by atoms with Gasteiger partial charge in [-0.25, -0.2) is 4.41 Å². The first-order valence-electron chi connectivity index (χ1n) is 10.9. The van der Waals surface area contributed by atoms with Crippen molar-refractivity contribution >= 4 is 23.5 Å². The van der Waals surface area contributed by atoms with E-state index < -0.39 is 0 Å². The summed E-state index contributed by atoms with van der Waals surface area (Å²) in [5.74, 6) is -0.103. The highest BCUT2D eigenvalue weighted by Crippen LogP contribution is 2.32. The first-order chi connectivity index (χ1) is 13.7. The molecule has 0 fully saturated rings. The van der Waals surface area contributed by atoms with Crippen LogP contribution in [0.25, 0.3) is 0 Å². The SMILES string of the molecule is CCCCCCCCCCCCNC(=O)c1n[nH]c(CC)c1N1NC(C)=CS1. The van der Waals surface area contributed by atoms with E-state index in [9.17, 15) is 4.79 Å². The minimum Gasteiger partial charge on any atom is -0.351 e. The van der Waals surface area contributed by atoms with Crippen molar-refractivity contribution in [1.82, 2.24) is 20.9 Å². The molecule has 0 spiro atoms. The number of rotatable bonds is 14. The Bertz CT molecular complexity index is 628. The quantitative estimate of drug-likeness (QED) is 0.282. The van der Waals surface area contributed by atoms with E-state index in [1.807, 2.05) is 16.7 Å². The molecule has 28 heavy (non-hydrogen) atoms. The molecule has 0 saturated heterocycles. The van der Waals surface area contributed by atoms with Crippen molar-refractivity contribution in [2.75, 3.05) is 11.0 Å². The standard InChI is InChI=1S/C21H37N5OS/c1-4-6-7-8-9-10-11-12-13-14-15-22-21(27)19-20(18(5-2)23-24-19)26-25-17(3)16-28-26/h16,25H,4-15H2,1-3H3,(H,22,27)(H,23,24). The molecule has 0 aromatic carbocycles. The zero-order valence-corrected chi connectivity index (χ0v) is 18.6. The molecule has 0 atom stereocenters. The zero-order valence-electron chi connectivity index (χ0n) is 17.8.